The van der Waals surface area contributed by atoms with Gasteiger partial charge in [-0.1, -0.05) is 6.07 Å². The Balaban J connectivity index is 1.70. The molecular formula is C19H28N2O4. The summed E-state index contributed by atoms with van der Waals surface area (Å²) in [5.41, 5.74) is 1.08. The lowest BCUT2D eigenvalue weighted by Gasteiger charge is -2.29. The molecule has 0 saturated carbocycles. The van der Waals surface area contributed by atoms with Crippen molar-refractivity contribution in [1.29, 1.82) is 0 Å². The van der Waals surface area contributed by atoms with Gasteiger partial charge in [0, 0.05) is 13.2 Å². The van der Waals surface area contributed by atoms with E-state index < -0.39 is 0 Å². The maximum absolute atomic E-state index is 12.8. The van der Waals surface area contributed by atoms with Crippen LogP contribution in [0.1, 0.15) is 44.2 Å². The Morgan fingerprint density at radius 1 is 1.24 bits per heavy atom. The smallest absolute Gasteiger partial charge is 0.318 e. The van der Waals surface area contributed by atoms with Gasteiger partial charge in [0.15, 0.2) is 11.5 Å². The van der Waals surface area contributed by atoms with Crippen LogP contribution in [0.25, 0.3) is 0 Å². The lowest BCUT2D eigenvalue weighted by atomic mass is 10.0. The van der Waals surface area contributed by atoms with Crippen LogP contribution in [0, 0.1) is 0 Å². The average molecular weight is 348 g/mol. The Morgan fingerprint density at radius 3 is 2.72 bits per heavy atom. The molecule has 1 aromatic rings. The van der Waals surface area contributed by atoms with Gasteiger partial charge in [0.25, 0.3) is 0 Å². The van der Waals surface area contributed by atoms with E-state index in [1.807, 2.05) is 30.0 Å². The third-order valence-corrected chi connectivity index (χ3v) is 5.18. The summed E-state index contributed by atoms with van der Waals surface area (Å²) in [5, 5.41) is 3.12. The van der Waals surface area contributed by atoms with E-state index in [9.17, 15) is 4.79 Å². The van der Waals surface area contributed by atoms with E-state index in [-0.39, 0.29) is 24.2 Å². The number of methoxy groups -OCH3 is 2. The number of nitrogens with one attached hydrogen (secondary N) is 1. The minimum absolute atomic E-state index is 0.0136. The minimum Gasteiger partial charge on any atom is -0.493 e. The van der Waals surface area contributed by atoms with Crippen molar-refractivity contribution in [1.82, 2.24) is 10.2 Å². The van der Waals surface area contributed by atoms with Crippen LogP contribution >= 0.6 is 0 Å². The molecule has 0 aromatic heterocycles. The van der Waals surface area contributed by atoms with Gasteiger partial charge < -0.3 is 24.4 Å². The first-order chi connectivity index (χ1) is 12.1. The van der Waals surface area contributed by atoms with Crippen LogP contribution in [0.3, 0.4) is 0 Å². The molecule has 2 amide bonds. The fraction of sp³-hybridized carbons (Fsp3) is 0.632. The van der Waals surface area contributed by atoms with Gasteiger partial charge in [0.1, 0.15) is 0 Å². The maximum Gasteiger partial charge on any atom is 0.318 e. The predicted octanol–water partition coefficient (Wildman–Crippen LogP) is 3.12. The highest BCUT2D eigenvalue weighted by Crippen LogP contribution is 2.36. The Morgan fingerprint density at radius 2 is 2.04 bits per heavy atom. The van der Waals surface area contributed by atoms with E-state index in [4.69, 9.17) is 14.2 Å². The highest BCUT2D eigenvalue weighted by molar-refractivity contribution is 5.75. The van der Waals surface area contributed by atoms with Crippen LogP contribution in [0.2, 0.25) is 0 Å². The van der Waals surface area contributed by atoms with Crippen molar-refractivity contribution in [2.75, 3.05) is 27.4 Å². The number of urea groups is 1. The molecule has 2 saturated heterocycles. The number of carbonyl (C=O) groups is 1. The standard InChI is InChI=1S/C19H28N2O4/c1-13(16-7-5-11-25-16)20-19(22)21-10-4-6-15(21)14-8-9-17(23-2)18(12-14)24-3/h8-9,12-13,15-16H,4-7,10-11H2,1-3H3,(H,20,22). The molecule has 3 rings (SSSR count). The summed E-state index contributed by atoms with van der Waals surface area (Å²) in [7, 11) is 3.25. The molecule has 1 aromatic carbocycles. The molecule has 0 spiro atoms. The van der Waals surface area contributed by atoms with E-state index >= 15 is 0 Å². The van der Waals surface area contributed by atoms with E-state index in [0.717, 1.165) is 44.4 Å². The lowest BCUT2D eigenvalue weighted by molar-refractivity contribution is 0.0829. The summed E-state index contributed by atoms with van der Waals surface area (Å²) in [5.74, 6) is 1.40. The van der Waals surface area contributed by atoms with Crippen molar-refractivity contribution < 1.29 is 19.0 Å². The zero-order valence-corrected chi connectivity index (χ0v) is 15.3. The van der Waals surface area contributed by atoms with Gasteiger partial charge in [-0.15, -0.1) is 0 Å². The van der Waals surface area contributed by atoms with Gasteiger partial charge in [0.05, 0.1) is 32.4 Å². The first-order valence-corrected chi connectivity index (χ1v) is 9.04. The SMILES string of the molecule is COc1ccc(C2CCCN2C(=O)NC(C)C2CCCO2)cc1OC. The van der Waals surface area contributed by atoms with Gasteiger partial charge in [-0.3, -0.25) is 0 Å². The number of rotatable bonds is 5. The summed E-state index contributed by atoms with van der Waals surface area (Å²) in [6.45, 7) is 3.58. The Hall–Kier alpha value is -1.95. The number of hydrogen-bond donors (Lipinski definition) is 1. The molecule has 0 aliphatic carbocycles. The zero-order valence-electron chi connectivity index (χ0n) is 15.3. The van der Waals surface area contributed by atoms with Gasteiger partial charge in [-0.2, -0.15) is 0 Å². The topological polar surface area (TPSA) is 60.0 Å². The summed E-state index contributed by atoms with van der Waals surface area (Å²) < 4.78 is 16.4. The van der Waals surface area contributed by atoms with Gasteiger partial charge >= 0.3 is 6.03 Å². The number of ether oxygens (including phenoxy) is 3. The second kappa shape index (κ2) is 7.95. The van der Waals surface area contributed by atoms with Gasteiger partial charge in [-0.25, -0.2) is 4.79 Å². The highest BCUT2D eigenvalue weighted by Gasteiger charge is 2.32. The number of hydrogen-bond acceptors (Lipinski definition) is 4. The van der Waals surface area contributed by atoms with Crippen molar-refractivity contribution in [3.63, 3.8) is 0 Å². The zero-order chi connectivity index (χ0) is 17.8. The molecule has 1 N–H and O–H groups in total. The molecular weight excluding hydrogens is 320 g/mol. The van der Waals surface area contributed by atoms with Crippen LogP contribution < -0.4 is 14.8 Å². The Kier molecular flexibility index (Phi) is 5.68. The minimum atomic E-state index is -0.0136. The molecule has 25 heavy (non-hydrogen) atoms. The Labute approximate surface area is 149 Å². The van der Waals surface area contributed by atoms with E-state index in [2.05, 4.69) is 5.32 Å². The lowest BCUT2D eigenvalue weighted by Crippen LogP contribution is -2.47. The molecule has 6 nitrogen and oxygen atoms in total. The molecule has 2 fully saturated rings. The first kappa shape index (κ1) is 17.9. The number of amides is 2. The largest absolute Gasteiger partial charge is 0.493 e. The second-order valence-corrected chi connectivity index (χ2v) is 6.76. The molecule has 0 bridgehead atoms. The summed E-state index contributed by atoms with van der Waals surface area (Å²) in [4.78, 5) is 14.7. The molecule has 3 unspecified atom stereocenters. The second-order valence-electron chi connectivity index (χ2n) is 6.76. The molecule has 2 aliphatic heterocycles. The average Bonchev–Trinajstić information content (AvgIpc) is 3.32. The normalized spacial score (nSPS) is 24.2. The van der Waals surface area contributed by atoms with Gasteiger partial charge in [0.2, 0.25) is 0 Å². The van der Waals surface area contributed by atoms with Crippen LogP contribution in [0.5, 0.6) is 11.5 Å². The monoisotopic (exact) mass is 348 g/mol. The van der Waals surface area contributed by atoms with Crippen molar-refractivity contribution in [2.24, 2.45) is 0 Å². The van der Waals surface area contributed by atoms with Crippen molar-refractivity contribution in [3.8, 4) is 11.5 Å². The first-order valence-electron chi connectivity index (χ1n) is 9.04. The Bertz CT molecular complexity index is 601. The van der Waals surface area contributed by atoms with Gasteiger partial charge in [-0.05, 0) is 50.3 Å². The molecule has 2 aliphatic rings. The number of likely N-dealkylation sites (tertiary alicyclic amines) is 1. The number of benzene rings is 1. The highest BCUT2D eigenvalue weighted by atomic mass is 16.5. The van der Waals surface area contributed by atoms with Crippen LogP contribution in [-0.4, -0.2) is 50.4 Å². The maximum atomic E-state index is 12.8. The van der Waals surface area contributed by atoms with Crippen LogP contribution in [0.4, 0.5) is 4.79 Å². The van der Waals surface area contributed by atoms with Crippen molar-refractivity contribution in [2.45, 2.75) is 50.8 Å². The van der Waals surface area contributed by atoms with E-state index in [0.29, 0.717) is 11.5 Å². The van der Waals surface area contributed by atoms with E-state index in [1.165, 1.54) is 0 Å². The molecule has 138 valence electrons. The van der Waals surface area contributed by atoms with Crippen LogP contribution in [0.15, 0.2) is 18.2 Å². The predicted molar refractivity (Wildman–Crippen MR) is 95.2 cm³/mol. The fourth-order valence-electron chi connectivity index (χ4n) is 3.78. The summed E-state index contributed by atoms with van der Waals surface area (Å²) in [6, 6.07) is 5.97. The summed E-state index contributed by atoms with van der Waals surface area (Å²) >= 11 is 0. The quantitative estimate of drug-likeness (QED) is 0.888. The summed E-state index contributed by atoms with van der Waals surface area (Å²) in [6.07, 6.45) is 4.17. The van der Waals surface area contributed by atoms with Crippen LogP contribution in [-0.2, 0) is 4.74 Å². The molecule has 0 radical (unpaired) electrons. The third kappa shape index (κ3) is 3.84. The molecule has 6 heteroatoms. The number of nitrogens with zero attached hydrogens (tertiary/aromatic N) is 1. The van der Waals surface area contributed by atoms with E-state index in [1.54, 1.807) is 14.2 Å². The van der Waals surface area contributed by atoms with Crippen molar-refractivity contribution >= 4 is 6.03 Å². The fourth-order valence-corrected chi connectivity index (χ4v) is 3.78. The molecule has 2 heterocycles. The number of carbonyl (C=O) groups excluding carboxylic acids is 1. The molecule has 3 atom stereocenters. The third-order valence-electron chi connectivity index (χ3n) is 5.18. The van der Waals surface area contributed by atoms with Crippen molar-refractivity contribution in [3.05, 3.63) is 23.8 Å².